The van der Waals surface area contributed by atoms with Crippen LogP contribution in [0.15, 0.2) is 0 Å². The summed E-state index contributed by atoms with van der Waals surface area (Å²) in [6, 6.07) is 0. The van der Waals surface area contributed by atoms with E-state index in [0.29, 0.717) is 10.4 Å². The van der Waals surface area contributed by atoms with Crippen LogP contribution in [0.5, 0.6) is 0 Å². The number of hydrogen-bond donors (Lipinski definition) is 1. The van der Waals surface area contributed by atoms with Gasteiger partial charge in [0.2, 0.25) is 0 Å². The molecule has 0 aromatic rings. The van der Waals surface area contributed by atoms with E-state index in [1.807, 2.05) is 0 Å². The van der Waals surface area contributed by atoms with Gasteiger partial charge in [0.05, 0.1) is 0 Å². The Kier molecular flexibility index (Phi) is 3.17. The van der Waals surface area contributed by atoms with E-state index in [4.69, 9.17) is 0 Å². The molecule has 3 atom stereocenters. The highest BCUT2D eigenvalue weighted by Gasteiger charge is 2.52. The van der Waals surface area contributed by atoms with Crippen molar-refractivity contribution in [2.75, 3.05) is 0 Å². The Bertz CT molecular complexity index is 268. The minimum absolute atomic E-state index is 0.275. The quantitative estimate of drug-likeness (QED) is 0.717. The molecule has 1 N–H and O–H groups in total. The van der Waals surface area contributed by atoms with Gasteiger partial charge in [-0.25, -0.2) is 0 Å². The summed E-state index contributed by atoms with van der Waals surface area (Å²) in [5, 5.41) is 5.15. The van der Waals surface area contributed by atoms with Gasteiger partial charge in [-0.1, -0.05) is 28.8 Å². The fourth-order valence-electron chi connectivity index (χ4n) is 3.71. The molecule has 0 aromatic heterocycles. The van der Waals surface area contributed by atoms with Crippen LogP contribution in [-0.2, 0) is 0 Å². The maximum absolute atomic E-state index is 3.95. The normalized spacial score (nSPS) is 40.9. The molecule has 94 valence electrons. The maximum atomic E-state index is 3.95. The van der Waals surface area contributed by atoms with Crippen molar-refractivity contribution in [1.29, 1.82) is 0 Å². The predicted octanol–water partition coefficient (Wildman–Crippen LogP) is 4.12. The molecule has 2 heterocycles. The standard InChI is InChI=1S/C14H28NP/c1-11(2)13-7-6-8-14(16-13,10-9-13)15-12(3,4)5/h11,15-16H,6-10H2,1-5H3. The van der Waals surface area contributed by atoms with Gasteiger partial charge in [-0.15, -0.1) is 0 Å². The average molecular weight is 241 g/mol. The molecule has 3 unspecified atom stereocenters. The van der Waals surface area contributed by atoms with E-state index < -0.39 is 0 Å². The van der Waals surface area contributed by atoms with Crippen LogP contribution in [-0.4, -0.2) is 16.0 Å². The lowest BCUT2D eigenvalue weighted by molar-refractivity contribution is 0.306. The first kappa shape index (κ1) is 12.8. The van der Waals surface area contributed by atoms with E-state index in [1.54, 1.807) is 0 Å². The zero-order valence-electron chi connectivity index (χ0n) is 11.6. The zero-order chi connectivity index (χ0) is 12.0. The fraction of sp³-hybridized carbons (Fsp3) is 1.00. The largest absolute Gasteiger partial charge is 0.303 e. The highest BCUT2D eigenvalue weighted by Crippen LogP contribution is 2.65. The summed E-state index contributed by atoms with van der Waals surface area (Å²) in [6.45, 7) is 11.8. The number of fused-ring (bicyclic) bond motifs is 2. The Morgan fingerprint density at radius 2 is 1.75 bits per heavy atom. The van der Waals surface area contributed by atoms with Gasteiger partial charge in [-0.3, -0.25) is 0 Å². The number of nitrogens with one attached hydrogen (secondary N) is 1. The maximum Gasteiger partial charge on any atom is 0.0361 e. The van der Waals surface area contributed by atoms with Gasteiger partial charge in [0, 0.05) is 10.8 Å². The van der Waals surface area contributed by atoms with Gasteiger partial charge in [-0.2, -0.15) is 0 Å². The molecule has 2 rings (SSSR count). The minimum atomic E-state index is 0.275. The third kappa shape index (κ3) is 2.31. The lowest BCUT2D eigenvalue weighted by Crippen LogP contribution is -2.51. The molecule has 0 aliphatic carbocycles. The second-order valence-corrected chi connectivity index (χ2v) is 9.45. The molecular weight excluding hydrogens is 213 g/mol. The van der Waals surface area contributed by atoms with Crippen molar-refractivity contribution < 1.29 is 0 Å². The van der Waals surface area contributed by atoms with E-state index in [1.165, 1.54) is 32.1 Å². The molecule has 0 aromatic carbocycles. The van der Waals surface area contributed by atoms with Crippen molar-refractivity contribution in [2.45, 2.75) is 82.7 Å². The second kappa shape index (κ2) is 3.95. The number of rotatable bonds is 2. The predicted molar refractivity (Wildman–Crippen MR) is 74.6 cm³/mol. The molecule has 16 heavy (non-hydrogen) atoms. The Hall–Kier alpha value is 0.390. The molecule has 2 fully saturated rings. The summed E-state index contributed by atoms with van der Waals surface area (Å²) in [5.74, 6) is 0.870. The molecular formula is C14H28NP. The number of hydrogen-bond acceptors (Lipinski definition) is 1. The highest BCUT2D eigenvalue weighted by atomic mass is 31.1. The van der Waals surface area contributed by atoms with Gasteiger partial charge in [0.25, 0.3) is 0 Å². The summed E-state index contributed by atoms with van der Waals surface area (Å²) >= 11 is 0. The van der Waals surface area contributed by atoms with Crippen molar-refractivity contribution in [3.63, 3.8) is 0 Å². The highest BCUT2D eigenvalue weighted by molar-refractivity contribution is 7.42. The summed E-state index contributed by atoms with van der Waals surface area (Å²) in [7, 11) is 1.14. The fourth-order valence-corrected chi connectivity index (χ4v) is 6.50. The average Bonchev–Trinajstić information content (AvgIpc) is 2.36. The summed E-state index contributed by atoms with van der Waals surface area (Å²) in [6.07, 6.45) is 7.22. The minimum Gasteiger partial charge on any atom is -0.303 e. The van der Waals surface area contributed by atoms with Crippen molar-refractivity contribution >= 4 is 8.58 Å². The van der Waals surface area contributed by atoms with Gasteiger partial charge >= 0.3 is 0 Å². The Morgan fingerprint density at radius 3 is 2.31 bits per heavy atom. The third-order valence-corrected chi connectivity index (χ3v) is 7.11. The molecule has 0 radical (unpaired) electrons. The molecule has 2 heteroatoms. The summed E-state index contributed by atoms with van der Waals surface area (Å²) in [4.78, 5) is 0. The summed E-state index contributed by atoms with van der Waals surface area (Å²) in [5.41, 5.74) is 0.275. The van der Waals surface area contributed by atoms with Crippen molar-refractivity contribution in [2.24, 2.45) is 5.92 Å². The van der Waals surface area contributed by atoms with Crippen LogP contribution in [0, 0.1) is 5.92 Å². The zero-order valence-corrected chi connectivity index (χ0v) is 12.6. The Balaban J connectivity index is 2.15. The van der Waals surface area contributed by atoms with Crippen LogP contribution in [0.1, 0.15) is 66.7 Å². The van der Waals surface area contributed by atoms with E-state index >= 15 is 0 Å². The molecule has 2 bridgehead atoms. The Labute approximate surface area is 103 Å². The van der Waals surface area contributed by atoms with Crippen LogP contribution in [0.3, 0.4) is 0 Å². The second-order valence-electron chi connectivity index (χ2n) is 7.25. The van der Waals surface area contributed by atoms with E-state index in [-0.39, 0.29) is 5.54 Å². The monoisotopic (exact) mass is 241 g/mol. The Morgan fingerprint density at radius 1 is 1.06 bits per heavy atom. The molecule has 0 spiro atoms. The first-order chi connectivity index (χ1) is 7.27. The lowest BCUT2D eigenvalue weighted by Gasteiger charge is -2.45. The van der Waals surface area contributed by atoms with Gasteiger partial charge in [0.15, 0.2) is 0 Å². The van der Waals surface area contributed by atoms with E-state index in [0.717, 1.165) is 14.5 Å². The van der Waals surface area contributed by atoms with Crippen molar-refractivity contribution in [3.8, 4) is 0 Å². The van der Waals surface area contributed by atoms with Crippen molar-refractivity contribution in [3.05, 3.63) is 0 Å². The van der Waals surface area contributed by atoms with Crippen LogP contribution in [0.2, 0.25) is 0 Å². The molecule has 2 aliphatic heterocycles. The molecule has 0 saturated carbocycles. The van der Waals surface area contributed by atoms with Crippen LogP contribution < -0.4 is 5.32 Å². The lowest BCUT2D eigenvalue weighted by atomic mass is 9.88. The van der Waals surface area contributed by atoms with E-state index in [2.05, 4.69) is 39.9 Å². The molecule has 2 saturated heterocycles. The first-order valence-corrected chi connectivity index (χ1v) is 7.86. The van der Waals surface area contributed by atoms with Gasteiger partial charge in [0.1, 0.15) is 0 Å². The van der Waals surface area contributed by atoms with Crippen LogP contribution >= 0.6 is 8.58 Å². The third-order valence-electron chi connectivity index (χ3n) is 4.43. The SMILES string of the molecule is CC(C)C12CCCC(NC(C)(C)C)(CC1)P2. The molecule has 0 amide bonds. The molecule has 1 nitrogen and oxygen atoms in total. The summed E-state index contributed by atoms with van der Waals surface area (Å²) < 4.78 is 0. The van der Waals surface area contributed by atoms with Crippen LogP contribution in [0.4, 0.5) is 0 Å². The van der Waals surface area contributed by atoms with Crippen LogP contribution in [0.25, 0.3) is 0 Å². The molecule has 2 aliphatic rings. The smallest absolute Gasteiger partial charge is 0.0361 e. The van der Waals surface area contributed by atoms with E-state index in [9.17, 15) is 0 Å². The topological polar surface area (TPSA) is 12.0 Å². The van der Waals surface area contributed by atoms with Crippen molar-refractivity contribution in [1.82, 2.24) is 5.32 Å². The van der Waals surface area contributed by atoms with Gasteiger partial charge < -0.3 is 5.32 Å². The first-order valence-electron chi connectivity index (χ1n) is 6.86. The van der Waals surface area contributed by atoms with Gasteiger partial charge in [-0.05, 0) is 57.5 Å².